The molecule has 0 saturated heterocycles. The van der Waals surface area contributed by atoms with Crippen molar-refractivity contribution in [1.29, 1.82) is 5.26 Å². The number of aryl methyl sites for hydroxylation is 1. The summed E-state index contributed by atoms with van der Waals surface area (Å²) in [6.45, 7) is 4.24. The highest BCUT2D eigenvalue weighted by atomic mass is 32.2. The third kappa shape index (κ3) is 4.32. The molecule has 0 aliphatic rings. The number of tetrazole rings is 1. The van der Waals surface area contributed by atoms with Gasteiger partial charge in [0, 0.05) is 11.1 Å². The first-order valence-electron chi connectivity index (χ1n) is 8.11. The van der Waals surface area contributed by atoms with Crippen molar-refractivity contribution in [1.82, 2.24) is 25.2 Å². The monoisotopic (exact) mass is 400 g/mol. The molecule has 0 unspecified atom stereocenters. The van der Waals surface area contributed by atoms with Crippen molar-refractivity contribution in [2.45, 2.75) is 24.9 Å². The first-order chi connectivity index (χ1) is 13.1. The van der Waals surface area contributed by atoms with E-state index in [9.17, 15) is 10.1 Å². The van der Waals surface area contributed by atoms with Gasteiger partial charge in [0.25, 0.3) is 0 Å². The molecule has 2 heterocycles. The molecule has 8 nitrogen and oxygen atoms in total. The molecule has 0 radical (unpaired) electrons. The molecule has 27 heavy (non-hydrogen) atoms. The maximum Gasteiger partial charge on any atom is 0.214 e. The number of nitrogens with zero attached hydrogens (tertiary/aromatic N) is 6. The van der Waals surface area contributed by atoms with Crippen LogP contribution in [-0.2, 0) is 4.79 Å². The van der Waals surface area contributed by atoms with E-state index in [1.54, 1.807) is 0 Å². The van der Waals surface area contributed by atoms with Crippen LogP contribution in [0.5, 0.6) is 5.75 Å². The lowest BCUT2D eigenvalue weighted by molar-refractivity contribution is -0.116. The predicted molar refractivity (Wildman–Crippen MR) is 101 cm³/mol. The minimum absolute atomic E-state index is 0.0635. The summed E-state index contributed by atoms with van der Waals surface area (Å²) in [5.74, 6) is -0.400. The van der Waals surface area contributed by atoms with E-state index in [-0.39, 0.29) is 11.5 Å². The van der Waals surface area contributed by atoms with Gasteiger partial charge in [-0.15, -0.1) is 16.4 Å². The first kappa shape index (κ1) is 19.0. The zero-order valence-corrected chi connectivity index (χ0v) is 16.3. The fraction of sp³-hybridized carbons (Fsp3) is 0.294. The van der Waals surface area contributed by atoms with Gasteiger partial charge in [-0.3, -0.25) is 4.79 Å². The normalized spacial score (nSPS) is 11.7. The Balaban J connectivity index is 1.76. The summed E-state index contributed by atoms with van der Waals surface area (Å²) in [7, 11) is 0. The molecular weight excluding hydrogens is 384 g/mol. The van der Waals surface area contributed by atoms with Crippen LogP contribution in [0, 0.1) is 18.3 Å². The number of para-hydroxylation sites is 2. The number of aromatic nitrogens is 5. The van der Waals surface area contributed by atoms with Crippen LogP contribution in [0.25, 0.3) is 5.69 Å². The van der Waals surface area contributed by atoms with E-state index in [4.69, 9.17) is 4.74 Å². The van der Waals surface area contributed by atoms with Gasteiger partial charge in [0.2, 0.25) is 5.16 Å². The maximum atomic E-state index is 12.5. The standard InChI is InChI=1S/C17H16N6O2S2/c1-3-25-15-7-5-4-6-13(15)23-17(20-21-22-23)27-10-14(24)12(8-18)16-19-11(2)9-26-16/h4-7,9,12H,3,10H2,1-2H3/t12-/m0/s1. The predicted octanol–water partition coefficient (Wildman–Crippen LogP) is 2.79. The van der Waals surface area contributed by atoms with Crippen LogP contribution in [0.3, 0.4) is 0 Å². The lowest BCUT2D eigenvalue weighted by Gasteiger charge is -2.10. The number of ether oxygens (including phenoxy) is 1. The second kappa shape index (κ2) is 8.75. The second-order valence-electron chi connectivity index (χ2n) is 5.42. The van der Waals surface area contributed by atoms with E-state index in [1.807, 2.05) is 49.6 Å². The van der Waals surface area contributed by atoms with Crippen molar-refractivity contribution in [3.8, 4) is 17.5 Å². The Morgan fingerprint density at radius 1 is 1.44 bits per heavy atom. The fourth-order valence-electron chi connectivity index (χ4n) is 2.32. The zero-order chi connectivity index (χ0) is 19.2. The Kier molecular flexibility index (Phi) is 6.16. The van der Waals surface area contributed by atoms with E-state index in [0.717, 1.165) is 5.69 Å². The number of carbonyl (C=O) groups excluding carboxylic acids is 1. The van der Waals surface area contributed by atoms with Crippen molar-refractivity contribution in [2.24, 2.45) is 0 Å². The molecule has 3 aromatic rings. The molecule has 138 valence electrons. The number of nitriles is 1. The number of hydrogen-bond donors (Lipinski definition) is 0. The number of thioether (sulfide) groups is 1. The van der Waals surface area contributed by atoms with Gasteiger partial charge in [-0.25, -0.2) is 4.98 Å². The van der Waals surface area contributed by atoms with Gasteiger partial charge >= 0.3 is 0 Å². The number of rotatable bonds is 8. The van der Waals surface area contributed by atoms with E-state index in [1.165, 1.54) is 27.8 Å². The molecule has 0 N–H and O–H groups in total. The van der Waals surface area contributed by atoms with Crippen LogP contribution >= 0.6 is 23.1 Å². The number of carbonyl (C=O) groups is 1. The summed E-state index contributed by atoms with van der Waals surface area (Å²) >= 11 is 2.49. The van der Waals surface area contributed by atoms with Crippen LogP contribution in [-0.4, -0.2) is 43.3 Å². The molecule has 0 aliphatic heterocycles. The van der Waals surface area contributed by atoms with Crippen LogP contribution < -0.4 is 4.74 Å². The minimum Gasteiger partial charge on any atom is -0.492 e. The highest BCUT2D eigenvalue weighted by molar-refractivity contribution is 7.99. The summed E-state index contributed by atoms with van der Waals surface area (Å²) in [5, 5.41) is 23.9. The first-order valence-corrected chi connectivity index (χ1v) is 9.98. The molecule has 0 amide bonds. The summed E-state index contributed by atoms with van der Waals surface area (Å²) in [6.07, 6.45) is 0. The quantitative estimate of drug-likeness (QED) is 0.531. The van der Waals surface area contributed by atoms with Crippen molar-refractivity contribution in [2.75, 3.05) is 12.4 Å². The van der Waals surface area contributed by atoms with Gasteiger partial charge in [0.15, 0.2) is 11.7 Å². The number of ketones is 1. The highest BCUT2D eigenvalue weighted by Crippen LogP contribution is 2.28. The number of benzene rings is 1. The average Bonchev–Trinajstić information content (AvgIpc) is 3.30. The smallest absolute Gasteiger partial charge is 0.214 e. The molecule has 0 aliphatic carbocycles. The molecular formula is C17H16N6O2S2. The lowest BCUT2D eigenvalue weighted by Crippen LogP contribution is -2.14. The van der Waals surface area contributed by atoms with Gasteiger partial charge < -0.3 is 4.74 Å². The van der Waals surface area contributed by atoms with Crippen molar-refractivity contribution >= 4 is 28.9 Å². The highest BCUT2D eigenvalue weighted by Gasteiger charge is 2.24. The van der Waals surface area contributed by atoms with Gasteiger partial charge in [-0.05, 0) is 36.4 Å². The summed E-state index contributed by atoms with van der Waals surface area (Å²) in [4.78, 5) is 16.8. The molecule has 3 rings (SSSR count). The van der Waals surface area contributed by atoms with Crippen molar-refractivity contribution in [3.63, 3.8) is 0 Å². The third-order valence-corrected chi connectivity index (χ3v) is 5.48. The van der Waals surface area contributed by atoms with E-state index in [2.05, 4.69) is 20.5 Å². The van der Waals surface area contributed by atoms with Crippen LogP contribution in [0.4, 0.5) is 0 Å². The minimum atomic E-state index is -0.878. The SMILES string of the molecule is CCOc1ccccc1-n1nnnc1SCC(=O)[C@H](C#N)c1nc(C)cs1. The van der Waals surface area contributed by atoms with E-state index >= 15 is 0 Å². The van der Waals surface area contributed by atoms with Crippen molar-refractivity contribution in [3.05, 3.63) is 40.3 Å². The van der Waals surface area contributed by atoms with Gasteiger partial charge in [-0.2, -0.15) is 9.94 Å². The van der Waals surface area contributed by atoms with Crippen LogP contribution in [0.2, 0.25) is 0 Å². The van der Waals surface area contributed by atoms with Gasteiger partial charge in [0.05, 0.1) is 18.4 Å². The molecule has 1 aromatic carbocycles. The van der Waals surface area contributed by atoms with Crippen LogP contribution in [0.15, 0.2) is 34.8 Å². The zero-order valence-electron chi connectivity index (χ0n) is 14.7. The molecule has 1 atom stereocenters. The Bertz CT molecular complexity index is 978. The van der Waals surface area contributed by atoms with E-state index in [0.29, 0.717) is 28.2 Å². The summed E-state index contributed by atoms with van der Waals surface area (Å²) < 4.78 is 7.14. The molecule has 2 aromatic heterocycles. The molecule has 0 saturated carbocycles. The molecule has 0 bridgehead atoms. The van der Waals surface area contributed by atoms with Gasteiger partial charge in [0.1, 0.15) is 16.4 Å². The van der Waals surface area contributed by atoms with Crippen molar-refractivity contribution < 1.29 is 9.53 Å². The largest absolute Gasteiger partial charge is 0.492 e. The lowest BCUT2D eigenvalue weighted by atomic mass is 10.1. The molecule has 10 heteroatoms. The summed E-state index contributed by atoms with van der Waals surface area (Å²) in [6, 6.07) is 9.43. The second-order valence-corrected chi connectivity index (χ2v) is 7.25. The Labute approximate surface area is 164 Å². The topological polar surface area (TPSA) is 107 Å². The molecule has 0 spiro atoms. The maximum absolute atomic E-state index is 12.5. The Hall–Kier alpha value is -2.77. The summed E-state index contributed by atoms with van der Waals surface area (Å²) in [5.41, 5.74) is 1.49. The van der Waals surface area contributed by atoms with Crippen LogP contribution in [0.1, 0.15) is 23.5 Å². The number of thiazole rings is 1. The third-order valence-electron chi connectivity index (χ3n) is 3.51. The fourth-order valence-corrected chi connectivity index (χ4v) is 3.97. The van der Waals surface area contributed by atoms with E-state index < -0.39 is 5.92 Å². The molecule has 0 fully saturated rings. The Morgan fingerprint density at radius 3 is 2.96 bits per heavy atom. The average molecular weight is 400 g/mol. The van der Waals surface area contributed by atoms with Gasteiger partial charge in [-0.1, -0.05) is 23.9 Å². The number of hydrogen-bond acceptors (Lipinski definition) is 9. The number of Topliss-reactive ketones (excluding diaryl/α,β-unsaturated/α-hetero) is 1. The Morgan fingerprint density at radius 2 is 2.26 bits per heavy atom.